The van der Waals surface area contributed by atoms with E-state index in [0.29, 0.717) is 11.6 Å². The van der Waals surface area contributed by atoms with Crippen LogP contribution in [0.1, 0.15) is 17.2 Å². The van der Waals surface area contributed by atoms with Gasteiger partial charge in [0.2, 0.25) is 5.91 Å². The number of rotatable bonds is 5. The van der Waals surface area contributed by atoms with E-state index in [4.69, 9.17) is 11.6 Å². The van der Waals surface area contributed by atoms with E-state index in [1.54, 1.807) is 0 Å². The van der Waals surface area contributed by atoms with Crippen LogP contribution in [0.3, 0.4) is 0 Å². The molecule has 1 saturated heterocycles. The Kier molecular flexibility index (Phi) is 9.99. The minimum absolute atomic E-state index is 0. The van der Waals surface area contributed by atoms with Crippen molar-refractivity contribution in [2.75, 3.05) is 32.7 Å². The molecular formula is C19H24Cl3N3O. The number of benzene rings is 2. The van der Waals surface area contributed by atoms with Gasteiger partial charge in [-0.2, -0.15) is 0 Å². The first-order valence-corrected chi connectivity index (χ1v) is 8.63. The summed E-state index contributed by atoms with van der Waals surface area (Å²) >= 11 is 6.14. The molecule has 1 atom stereocenters. The lowest BCUT2D eigenvalue weighted by atomic mass is 9.98. The van der Waals surface area contributed by atoms with Crippen LogP contribution in [0.15, 0.2) is 54.6 Å². The van der Waals surface area contributed by atoms with Crippen molar-refractivity contribution in [1.29, 1.82) is 0 Å². The number of carbonyl (C=O) groups excluding carboxylic acids is 1. The molecule has 0 bridgehead atoms. The molecule has 0 radical (unpaired) electrons. The van der Waals surface area contributed by atoms with E-state index in [9.17, 15) is 4.79 Å². The van der Waals surface area contributed by atoms with Crippen molar-refractivity contribution < 1.29 is 4.79 Å². The molecule has 2 aromatic carbocycles. The topological polar surface area (TPSA) is 44.4 Å². The number of piperazine rings is 1. The zero-order valence-corrected chi connectivity index (χ0v) is 16.7. The summed E-state index contributed by atoms with van der Waals surface area (Å²) in [6.07, 6.45) is 0. The molecule has 1 fully saturated rings. The number of hydrogen-bond acceptors (Lipinski definition) is 3. The van der Waals surface area contributed by atoms with Crippen molar-refractivity contribution in [1.82, 2.24) is 15.5 Å². The first-order chi connectivity index (χ1) is 11.7. The lowest BCUT2D eigenvalue weighted by Crippen LogP contribution is -2.48. The molecule has 0 aromatic heterocycles. The second-order valence-corrected chi connectivity index (χ2v) is 6.43. The maximum atomic E-state index is 12.5. The van der Waals surface area contributed by atoms with Gasteiger partial charge in [-0.1, -0.05) is 54.1 Å². The zero-order valence-electron chi connectivity index (χ0n) is 14.4. The molecule has 3 rings (SSSR count). The largest absolute Gasteiger partial charge is 0.344 e. The van der Waals surface area contributed by atoms with Crippen LogP contribution in [0.4, 0.5) is 0 Å². The molecule has 1 heterocycles. The highest BCUT2D eigenvalue weighted by molar-refractivity contribution is 6.30. The van der Waals surface area contributed by atoms with Crippen LogP contribution >= 0.6 is 36.4 Å². The molecule has 2 N–H and O–H groups in total. The third kappa shape index (κ3) is 6.45. The highest BCUT2D eigenvalue weighted by Crippen LogP contribution is 2.24. The lowest BCUT2D eigenvalue weighted by molar-refractivity contribution is -0.122. The minimum Gasteiger partial charge on any atom is -0.344 e. The Morgan fingerprint density at radius 3 is 2.35 bits per heavy atom. The maximum absolute atomic E-state index is 12.5. The van der Waals surface area contributed by atoms with Gasteiger partial charge in [-0.25, -0.2) is 0 Å². The Hall–Kier alpha value is -1.30. The number of halogens is 3. The van der Waals surface area contributed by atoms with E-state index in [1.807, 2.05) is 54.6 Å². The Morgan fingerprint density at radius 2 is 1.69 bits per heavy atom. The second kappa shape index (κ2) is 11.4. The van der Waals surface area contributed by atoms with Crippen molar-refractivity contribution in [2.24, 2.45) is 0 Å². The summed E-state index contributed by atoms with van der Waals surface area (Å²) in [7, 11) is 0. The Bertz CT molecular complexity index is 679. The van der Waals surface area contributed by atoms with Crippen LogP contribution in [-0.4, -0.2) is 43.5 Å². The van der Waals surface area contributed by atoms with Crippen molar-refractivity contribution in [2.45, 2.75) is 6.04 Å². The first-order valence-electron chi connectivity index (χ1n) is 8.25. The fourth-order valence-corrected chi connectivity index (χ4v) is 3.17. The van der Waals surface area contributed by atoms with Gasteiger partial charge in [0.1, 0.15) is 0 Å². The Labute approximate surface area is 172 Å². The zero-order chi connectivity index (χ0) is 16.8. The lowest BCUT2D eigenvalue weighted by Gasteiger charge is -2.28. The monoisotopic (exact) mass is 415 g/mol. The SMILES string of the molecule is Cl.Cl.O=C(CN1CCNCC1)NC(c1ccccc1)c1cccc(Cl)c1. The van der Waals surface area contributed by atoms with E-state index in [0.717, 1.165) is 37.3 Å². The maximum Gasteiger partial charge on any atom is 0.234 e. The molecule has 0 spiro atoms. The van der Waals surface area contributed by atoms with Crippen molar-refractivity contribution >= 4 is 42.3 Å². The number of nitrogens with zero attached hydrogens (tertiary/aromatic N) is 1. The van der Waals surface area contributed by atoms with Crippen LogP contribution in [0.2, 0.25) is 5.02 Å². The van der Waals surface area contributed by atoms with Crippen molar-refractivity contribution in [3.63, 3.8) is 0 Å². The predicted octanol–water partition coefficient (Wildman–Crippen LogP) is 3.29. The van der Waals surface area contributed by atoms with E-state index in [2.05, 4.69) is 15.5 Å². The van der Waals surface area contributed by atoms with Gasteiger partial charge in [0, 0.05) is 31.2 Å². The summed E-state index contributed by atoms with van der Waals surface area (Å²) in [4.78, 5) is 14.7. The summed E-state index contributed by atoms with van der Waals surface area (Å²) in [6.45, 7) is 4.10. The van der Waals surface area contributed by atoms with Gasteiger partial charge in [-0.15, -0.1) is 24.8 Å². The van der Waals surface area contributed by atoms with E-state index in [1.165, 1.54) is 0 Å². The van der Waals surface area contributed by atoms with Gasteiger partial charge in [0.15, 0.2) is 0 Å². The van der Waals surface area contributed by atoms with Gasteiger partial charge in [0.25, 0.3) is 0 Å². The highest BCUT2D eigenvalue weighted by Gasteiger charge is 2.19. The minimum atomic E-state index is -0.194. The highest BCUT2D eigenvalue weighted by atomic mass is 35.5. The molecule has 1 amide bonds. The van der Waals surface area contributed by atoms with Gasteiger partial charge < -0.3 is 10.6 Å². The van der Waals surface area contributed by atoms with Gasteiger partial charge in [-0.3, -0.25) is 9.69 Å². The molecule has 1 aliphatic rings. The Balaban J connectivity index is 0.00000169. The number of amides is 1. The third-order valence-corrected chi connectivity index (χ3v) is 4.43. The van der Waals surface area contributed by atoms with E-state index < -0.39 is 0 Å². The normalized spacial score (nSPS) is 15.3. The van der Waals surface area contributed by atoms with E-state index in [-0.39, 0.29) is 36.8 Å². The van der Waals surface area contributed by atoms with Crippen LogP contribution < -0.4 is 10.6 Å². The Morgan fingerprint density at radius 1 is 1.04 bits per heavy atom. The molecule has 0 aliphatic carbocycles. The summed E-state index contributed by atoms with van der Waals surface area (Å²) in [5.41, 5.74) is 2.04. The van der Waals surface area contributed by atoms with Gasteiger partial charge in [-0.05, 0) is 23.3 Å². The first kappa shape index (κ1) is 22.7. The fourth-order valence-electron chi connectivity index (χ4n) is 2.97. The summed E-state index contributed by atoms with van der Waals surface area (Å²) in [6, 6.07) is 17.4. The smallest absolute Gasteiger partial charge is 0.234 e. The quantitative estimate of drug-likeness (QED) is 0.786. The second-order valence-electron chi connectivity index (χ2n) is 5.99. The van der Waals surface area contributed by atoms with Crippen LogP contribution in [0.25, 0.3) is 0 Å². The number of hydrogen-bond donors (Lipinski definition) is 2. The van der Waals surface area contributed by atoms with Crippen LogP contribution in [0.5, 0.6) is 0 Å². The summed E-state index contributed by atoms with van der Waals surface area (Å²) in [5.74, 6) is 0.0331. The third-order valence-electron chi connectivity index (χ3n) is 4.20. The fraction of sp³-hybridized carbons (Fsp3) is 0.316. The standard InChI is InChI=1S/C19H22ClN3O.2ClH/c20-17-8-4-7-16(13-17)19(15-5-2-1-3-6-15)22-18(24)14-23-11-9-21-10-12-23;;/h1-8,13,19,21H,9-12,14H2,(H,22,24);2*1H. The molecule has 7 heteroatoms. The summed E-state index contributed by atoms with van der Waals surface area (Å²) < 4.78 is 0. The molecule has 1 aliphatic heterocycles. The van der Waals surface area contributed by atoms with Crippen LogP contribution in [0, 0.1) is 0 Å². The molecule has 2 aromatic rings. The molecule has 4 nitrogen and oxygen atoms in total. The van der Waals surface area contributed by atoms with Crippen molar-refractivity contribution in [3.05, 3.63) is 70.7 Å². The predicted molar refractivity (Wildman–Crippen MR) is 112 cm³/mol. The molecule has 0 saturated carbocycles. The number of carbonyl (C=O) groups is 1. The number of nitrogens with one attached hydrogen (secondary N) is 2. The van der Waals surface area contributed by atoms with Gasteiger partial charge in [0.05, 0.1) is 12.6 Å². The molecule has 26 heavy (non-hydrogen) atoms. The molecule has 1 unspecified atom stereocenters. The average Bonchev–Trinajstić information content (AvgIpc) is 2.61. The van der Waals surface area contributed by atoms with Crippen molar-refractivity contribution in [3.8, 4) is 0 Å². The van der Waals surface area contributed by atoms with Crippen LogP contribution in [-0.2, 0) is 4.79 Å². The molecular weight excluding hydrogens is 393 g/mol. The van der Waals surface area contributed by atoms with E-state index >= 15 is 0 Å². The average molecular weight is 417 g/mol. The summed E-state index contributed by atoms with van der Waals surface area (Å²) in [5, 5.41) is 7.13. The van der Waals surface area contributed by atoms with Gasteiger partial charge >= 0.3 is 0 Å². The molecule has 142 valence electrons.